The monoisotopic (exact) mass is 447 g/mol. The molecule has 1 unspecified atom stereocenters. The number of nitrogens with zero attached hydrogens (tertiary/aromatic N) is 7. The van der Waals surface area contributed by atoms with Gasteiger partial charge in [-0.25, -0.2) is 9.48 Å². The summed E-state index contributed by atoms with van der Waals surface area (Å²) in [4.78, 5) is 18.2. The summed E-state index contributed by atoms with van der Waals surface area (Å²) in [6.45, 7) is 7.04. The number of hydrogen-bond donors (Lipinski definition) is 0. The van der Waals surface area contributed by atoms with Crippen molar-refractivity contribution in [2.75, 3.05) is 13.1 Å². The molecule has 4 rings (SSSR count). The normalized spacial score (nSPS) is 16.7. The first-order chi connectivity index (χ1) is 15.2. The first-order valence-corrected chi connectivity index (χ1v) is 10.1. The van der Waals surface area contributed by atoms with Crippen LogP contribution in [-0.4, -0.2) is 59.9 Å². The Bertz CT molecular complexity index is 1080. The van der Waals surface area contributed by atoms with E-state index in [2.05, 4.69) is 25.5 Å². The molecule has 1 fully saturated rings. The second-order valence-corrected chi connectivity index (χ2v) is 8.54. The summed E-state index contributed by atoms with van der Waals surface area (Å²) in [5.41, 5.74) is 1.41. The average molecular weight is 447 g/mol. The van der Waals surface area contributed by atoms with Gasteiger partial charge in [0.15, 0.2) is 0 Å². The van der Waals surface area contributed by atoms with Gasteiger partial charge >= 0.3 is 12.5 Å². The molecule has 0 radical (unpaired) electrons. The number of halogens is 2. The van der Waals surface area contributed by atoms with Gasteiger partial charge in [0.25, 0.3) is 5.89 Å². The summed E-state index contributed by atoms with van der Waals surface area (Å²) in [7, 11) is 0. The first-order valence-electron chi connectivity index (χ1n) is 10.1. The Hall–Kier alpha value is -3.44. The summed E-state index contributed by atoms with van der Waals surface area (Å²) in [6.07, 6.45) is 0.965. The summed E-state index contributed by atoms with van der Waals surface area (Å²) in [6, 6.07) is 3.39. The number of hydrogen-bond acceptors (Lipinski definition) is 8. The highest BCUT2D eigenvalue weighted by molar-refractivity contribution is 5.68. The van der Waals surface area contributed by atoms with E-state index in [1.165, 1.54) is 6.20 Å². The van der Waals surface area contributed by atoms with Gasteiger partial charge in [-0.3, -0.25) is 4.98 Å². The van der Waals surface area contributed by atoms with E-state index in [-0.39, 0.29) is 17.9 Å². The molecule has 0 aliphatic carbocycles. The van der Waals surface area contributed by atoms with Gasteiger partial charge < -0.3 is 14.1 Å². The average Bonchev–Trinajstić information content (AvgIpc) is 3.47. The first kappa shape index (κ1) is 21.8. The SMILES string of the molecule is CC(C)(C)OC(=O)N1CCC(c2cn(Cc3ccc(-c4nnc(C(F)F)o4)cn3)nn2)C1. The van der Waals surface area contributed by atoms with Crippen molar-refractivity contribution in [1.29, 1.82) is 0 Å². The molecule has 0 aromatic carbocycles. The van der Waals surface area contributed by atoms with Crippen molar-refractivity contribution in [3.05, 3.63) is 41.8 Å². The molecule has 32 heavy (non-hydrogen) atoms. The molecule has 3 aromatic heterocycles. The van der Waals surface area contributed by atoms with Gasteiger partial charge in [-0.05, 0) is 39.3 Å². The van der Waals surface area contributed by atoms with Crippen LogP contribution in [0.2, 0.25) is 0 Å². The highest BCUT2D eigenvalue weighted by atomic mass is 19.3. The molecule has 12 heteroatoms. The molecular formula is C20H23F2N7O3. The lowest BCUT2D eigenvalue weighted by molar-refractivity contribution is 0.0292. The van der Waals surface area contributed by atoms with E-state index in [1.54, 1.807) is 21.7 Å². The van der Waals surface area contributed by atoms with Gasteiger partial charge in [0.1, 0.15) is 5.60 Å². The van der Waals surface area contributed by atoms with Crippen LogP contribution in [0.1, 0.15) is 56.8 Å². The van der Waals surface area contributed by atoms with Crippen LogP contribution in [0.15, 0.2) is 28.9 Å². The second-order valence-electron chi connectivity index (χ2n) is 8.54. The minimum Gasteiger partial charge on any atom is -0.444 e. The predicted molar refractivity (Wildman–Crippen MR) is 107 cm³/mol. The molecule has 0 spiro atoms. The fourth-order valence-electron chi connectivity index (χ4n) is 3.32. The Kier molecular flexibility index (Phi) is 5.85. The van der Waals surface area contributed by atoms with Crippen molar-refractivity contribution in [1.82, 2.24) is 35.1 Å². The smallest absolute Gasteiger partial charge is 0.410 e. The molecule has 10 nitrogen and oxygen atoms in total. The number of carbonyl (C=O) groups excluding carboxylic acids is 1. The number of alkyl halides is 2. The quantitative estimate of drug-likeness (QED) is 0.585. The van der Waals surface area contributed by atoms with Crippen molar-refractivity contribution in [2.45, 2.75) is 51.7 Å². The molecular weight excluding hydrogens is 424 g/mol. The van der Waals surface area contributed by atoms with E-state index in [1.807, 2.05) is 27.0 Å². The maximum absolute atomic E-state index is 12.6. The lowest BCUT2D eigenvalue weighted by Gasteiger charge is -2.24. The van der Waals surface area contributed by atoms with Crippen LogP contribution >= 0.6 is 0 Å². The van der Waals surface area contributed by atoms with Crippen LogP contribution in [0.25, 0.3) is 11.5 Å². The van der Waals surface area contributed by atoms with E-state index in [9.17, 15) is 13.6 Å². The highest BCUT2D eigenvalue weighted by Crippen LogP contribution is 2.27. The summed E-state index contributed by atoms with van der Waals surface area (Å²) < 4.78 is 37.2. The van der Waals surface area contributed by atoms with Crippen LogP contribution in [0.3, 0.4) is 0 Å². The van der Waals surface area contributed by atoms with E-state index in [0.29, 0.717) is 30.9 Å². The number of pyridine rings is 1. The molecule has 1 saturated heterocycles. The zero-order chi connectivity index (χ0) is 22.9. The molecule has 3 aromatic rings. The summed E-state index contributed by atoms with van der Waals surface area (Å²) in [5.74, 6) is -0.650. The van der Waals surface area contributed by atoms with Gasteiger partial charge in [0, 0.05) is 31.4 Å². The highest BCUT2D eigenvalue weighted by Gasteiger charge is 2.32. The Morgan fingerprint density at radius 1 is 1.28 bits per heavy atom. The fraction of sp³-hybridized carbons (Fsp3) is 0.500. The number of aromatic nitrogens is 6. The van der Waals surface area contributed by atoms with Crippen molar-refractivity contribution in [3.8, 4) is 11.5 Å². The predicted octanol–water partition coefficient (Wildman–Crippen LogP) is 3.43. The fourth-order valence-corrected chi connectivity index (χ4v) is 3.32. The van der Waals surface area contributed by atoms with Crippen molar-refractivity contribution >= 4 is 6.09 Å². The van der Waals surface area contributed by atoms with Gasteiger partial charge in [-0.1, -0.05) is 5.21 Å². The molecule has 4 heterocycles. The van der Waals surface area contributed by atoms with Gasteiger partial charge in [-0.2, -0.15) is 8.78 Å². The maximum atomic E-state index is 12.6. The Balaban J connectivity index is 1.36. The maximum Gasteiger partial charge on any atom is 0.410 e. The molecule has 0 saturated carbocycles. The van der Waals surface area contributed by atoms with E-state index < -0.39 is 17.9 Å². The Morgan fingerprint density at radius 3 is 2.75 bits per heavy atom. The minimum absolute atomic E-state index is 0.0156. The lowest BCUT2D eigenvalue weighted by atomic mass is 10.1. The van der Waals surface area contributed by atoms with Crippen molar-refractivity contribution in [2.24, 2.45) is 0 Å². The van der Waals surface area contributed by atoms with E-state index >= 15 is 0 Å². The van der Waals surface area contributed by atoms with Gasteiger partial charge in [-0.15, -0.1) is 15.3 Å². The molecule has 1 aliphatic rings. The number of likely N-dealkylation sites (tertiary alicyclic amines) is 1. The van der Waals surface area contributed by atoms with Crippen LogP contribution in [0.5, 0.6) is 0 Å². The number of rotatable bonds is 5. The summed E-state index contributed by atoms with van der Waals surface area (Å²) in [5, 5.41) is 15.3. The number of amides is 1. The van der Waals surface area contributed by atoms with Gasteiger partial charge in [0.2, 0.25) is 5.89 Å². The second kappa shape index (κ2) is 8.60. The topological polar surface area (TPSA) is 112 Å². The van der Waals surface area contributed by atoms with Crippen LogP contribution in [0.4, 0.5) is 13.6 Å². The Labute approximate surface area is 182 Å². The van der Waals surface area contributed by atoms with E-state index in [4.69, 9.17) is 9.15 Å². The zero-order valence-corrected chi connectivity index (χ0v) is 17.9. The van der Waals surface area contributed by atoms with Crippen LogP contribution < -0.4 is 0 Å². The largest absolute Gasteiger partial charge is 0.444 e. The number of carbonyl (C=O) groups is 1. The third-order valence-electron chi connectivity index (χ3n) is 4.84. The zero-order valence-electron chi connectivity index (χ0n) is 17.9. The molecule has 1 aliphatic heterocycles. The molecule has 1 atom stereocenters. The van der Waals surface area contributed by atoms with Crippen LogP contribution in [-0.2, 0) is 11.3 Å². The van der Waals surface area contributed by atoms with Crippen molar-refractivity contribution < 1.29 is 22.7 Å². The van der Waals surface area contributed by atoms with Crippen LogP contribution in [0, 0.1) is 0 Å². The standard InChI is InChI=1S/C20H23F2N7O3/c1-20(2,3)32-19(30)28-7-6-13(9-28)15-11-29(27-24-15)10-14-5-4-12(8-23-14)17-25-26-18(31-17)16(21)22/h4-5,8,11,13,16H,6-7,9-10H2,1-3H3. The van der Waals surface area contributed by atoms with Gasteiger partial charge in [0.05, 0.1) is 23.5 Å². The minimum atomic E-state index is -2.82. The lowest BCUT2D eigenvalue weighted by Crippen LogP contribution is -2.35. The van der Waals surface area contributed by atoms with Crippen molar-refractivity contribution in [3.63, 3.8) is 0 Å². The molecule has 1 amide bonds. The third kappa shape index (κ3) is 5.06. The number of ether oxygens (including phenoxy) is 1. The Morgan fingerprint density at radius 2 is 2.09 bits per heavy atom. The third-order valence-corrected chi connectivity index (χ3v) is 4.84. The molecule has 170 valence electrons. The molecule has 0 N–H and O–H groups in total. The molecule has 0 bridgehead atoms. The van der Waals surface area contributed by atoms with E-state index in [0.717, 1.165) is 12.1 Å². The summed E-state index contributed by atoms with van der Waals surface area (Å²) >= 11 is 0.